The molecule has 1 fully saturated rings. The Kier molecular flexibility index (Phi) is 3.36. The molecular weight excluding hydrogens is 164 g/mol. The van der Waals surface area contributed by atoms with E-state index in [1.54, 1.807) is 0 Å². The maximum Gasteiger partial charge on any atom is 0.146 e. The van der Waals surface area contributed by atoms with E-state index in [0.29, 0.717) is 12.2 Å². The van der Waals surface area contributed by atoms with Gasteiger partial charge in [-0.05, 0) is 18.3 Å². The summed E-state index contributed by atoms with van der Waals surface area (Å²) in [5, 5.41) is 0. The average Bonchev–Trinajstić information content (AvgIpc) is 2.03. The van der Waals surface area contributed by atoms with Crippen LogP contribution in [0.3, 0.4) is 0 Å². The predicted molar refractivity (Wildman–Crippen MR) is 53.6 cm³/mol. The highest BCUT2D eigenvalue weighted by molar-refractivity contribution is 4.84. The van der Waals surface area contributed by atoms with Crippen LogP contribution in [-0.2, 0) is 9.47 Å². The first kappa shape index (κ1) is 11.0. The van der Waals surface area contributed by atoms with Gasteiger partial charge in [0.1, 0.15) is 6.79 Å². The molecule has 0 aliphatic carbocycles. The largest absolute Gasteiger partial charge is 0.355 e. The third-order valence-corrected chi connectivity index (χ3v) is 2.64. The Morgan fingerprint density at radius 1 is 1.15 bits per heavy atom. The maximum absolute atomic E-state index is 5.40. The van der Waals surface area contributed by atoms with Crippen molar-refractivity contribution in [1.82, 2.24) is 0 Å². The fraction of sp³-hybridized carbons (Fsp3) is 1.00. The molecule has 1 rings (SSSR count). The molecule has 0 saturated carbocycles. The van der Waals surface area contributed by atoms with Crippen LogP contribution in [0.15, 0.2) is 0 Å². The van der Waals surface area contributed by atoms with E-state index in [-0.39, 0.29) is 5.41 Å². The zero-order chi connectivity index (χ0) is 9.95. The number of ether oxygens (including phenoxy) is 2. The van der Waals surface area contributed by atoms with Gasteiger partial charge in [-0.2, -0.15) is 0 Å². The maximum atomic E-state index is 5.40. The van der Waals surface area contributed by atoms with Crippen molar-refractivity contribution in [2.45, 2.75) is 40.5 Å². The van der Waals surface area contributed by atoms with Crippen LogP contribution in [0.1, 0.15) is 40.5 Å². The lowest BCUT2D eigenvalue weighted by atomic mass is 9.73. The first-order valence-electron chi connectivity index (χ1n) is 5.13. The van der Waals surface area contributed by atoms with Crippen molar-refractivity contribution in [2.75, 3.05) is 20.0 Å². The van der Waals surface area contributed by atoms with Crippen LogP contribution in [0.2, 0.25) is 0 Å². The molecule has 1 aliphatic rings. The molecule has 0 bridgehead atoms. The van der Waals surface area contributed by atoms with Crippen molar-refractivity contribution in [3.05, 3.63) is 0 Å². The van der Waals surface area contributed by atoms with Crippen LogP contribution in [0.5, 0.6) is 0 Å². The van der Waals surface area contributed by atoms with Crippen LogP contribution < -0.4 is 0 Å². The van der Waals surface area contributed by atoms with Crippen molar-refractivity contribution in [3.63, 3.8) is 0 Å². The number of hydrogen-bond donors (Lipinski definition) is 0. The summed E-state index contributed by atoms with van der Waals surface area (Å²) >= 11 is 0. The summed E-state index contributed by atoms with van der Waals surface area (Å²) in [6.07, 6.45) is 2.32. The zero-order valence-electron chi connectivity index (χ0n) is 9.35. The van der Waals surface area contributed by atoms with Crippen molar-refractivity contribution in [1.29, 1.82) is 0 Å². The second-order valence-corrected chi connectivity index (χ2v) is 5.41. The molecule has 2 nitrogen and oxygen atoms in total. The van der Waals surface area contributed by atoms with Crippen molar-refractivity contribution >= 4 is 0 Å². The third kappa shape index (κ3) is 3.28. The van der Waals surface area contributed by atoms with Gasteiger partial charge in [-0.1, -0.05) is 27.7 Å². The van der Waals surface area contributed by atoms with Crippen LogP contribution in [0.4, 0.5) is 0 Å². The van der Waals surface area contributed by atoms with E-state index in [0.717, 1.165) is 19.6 Å². The minimum absolute atomic E-state index is 0.260. The summed E-state index contributed by atoms with van der Waals surface area (Å²) in [5.74, 6) is 0. The second kappa shape index (κ2) is 3.97. The topological polar surface area (TPSA) is 18.5 Å². The molecule has 0 spiro atoms. The molecule has 0 radical (unpaired) electrons. The van der Waals surface area contributed by atoms with Crippen LogP contribution in [0.25, 0.3) is 0 Å². The lowest BCUT2D eigenvalue weighted by molar-refractivity contribution is -0.174. The van der Waals surface area contributed by atoms with Gasteiger partial charge in [0.25, 0.3) is 0 Å². The highest BCUT2D eigenvalue weighted by Crippen LogP contribution is 2.38. The molecule has 1 aliphatic heterocycles. The summed E-state index contributed by atoms with van der Waals surface area (Å²) in [6, 6.07) is 0. The SMILES string of the molecule is CCC1(CC(C)(C)C)COCOC1. The van der Waals surface area contributed by atoms with Crippen LogP contribution >= 0.6 is 0 Å². The van der Waals surface area contributed by atoms with Crippen LogP contribution in [-0.4, -0.2) is 20.0 Å². The molecule has 0 N–H and O–H groups in total. The average molecular weight is 186 g/mol. The fourth-order valence-electron chi connectivity index (χ4n) is 2.17. The van der Waals surface area contributed by atoms with E-state index in [4.69, 9.17) is 9.47 Å². The van der Waals surface area contributed by atoms with Gasteiger partial charge in [-0.15, -0.1) is 0 Å². The van der Waals surface area contributed by atoms with Gasteiger partial charge in [0.05, 0.1) is 13.2 Å². The second-order valence-electron chi connectivity index (χ2n) is 5.41. The Hall–Kier alpha value is -0.0800. The number of hydrogen-bond acceptors (Lipinski definition) is 2. The highest BCUT2D eigenvalue weighted by Gasteiger charge is 2.35. The summed E-state index contributed by atoms with van der Waals surface area (Å²) in [4.78, 5) is 0. The minimum atomic E-state index is 0.260. The Bertz CT molecular complexity index is 152. The zero-order valence-corrected chi connectivity index (χ0v) is 9.35. The first-order valence-corrected chi connectivity index (χ1v) is 5.13. The lowest BCUT2D eigenvalue weighted by Gasteiger charge is -2.40. The summed E-state index contributed by atoms with van der Waals surface area (Å²) in [5.41, 5.74) is 0.622. The van der Waals surface area contributed by atoms with Gasteiger partial charge in [0.15, 0.2) is 0 Å². The molecule has 0 unspecified atom stereocenters. The Balaban J connectivity index is 2.57. The molecule has 0 aromatic heterocycles. The Labute approximate surface area is 81.6 Å². The molecule has 13 heavy (non-hydrogen) atoms. The molecule has 1 saturated heterocycles. The lowest BCUT2D eigenvalue weighted by Crippen LogP contribution is -2.39. The highest BCUT2D eigenvalue weighted by atomic mass is 16.7. The van der Waals surface area contributed by atoms with Crippen LogP contribution in [0, 0.1) is 10.8 Å². The molecule has 0 atom stereocenters. The van der Waals surface area contributed by atoms with Crippen molar-refractivity contribution in [3.8, 4) is 0 Å². The Morgan fingerprint density at radius 2 is 1.69 bits per heavy atom. The first-order chi connectivity index (χ1) is 5.97. The molecular formula is C11H22O2. The minimum Gasteiger partial charge on any atom is -0.355 e. The predicted octanol–water partition coefficient (Wildman–Crippen LogP) is 2.82. The molecule has 2 heteroatoms. The van der Waals surface area contributed by atoms with E-state index < -0.39 is 0 Å². The smallest absolute Gasteiger partial charge is 0.146 e. The van der Waals surface area contributed by atoms with Gasteiger partial charge < -0.3 is 9.47 Å². The van der Waals surface area contributed by atoms with E-state index >= 15 is 0 Å². The van der Waals surface area contributed by atoms with E-state index in [2.05, 4.69) is 27.7 Å². The van der Waals surface area contributed by atoms with Gasteiger partial charge >= 0.3 is 0 Å². The van der Waals surface area contributed by atoms with Gasteiger partial charge in [0.2, 0.25) is 0 Å². The van der Waals surface area contributed by atoms with Gasteiger partial charge in [-0.25, -0.2) is 0 Å². The van der Waals surface area contributed by atoms with Gasteiger partial charge in [0, 0.05) is 5.41 Å². The third-order valence-electron chi connectivity index (χ3n) is 2.64. The van der Waals surface area contributed by atoms with Crippen molar-refractivity contribution < 1.29 is 9.47 Å². The fourth-order valence-corrected chi connectivity index (χ4v) is 2.17. The molecule has 0 amide bonds. The van der Waals surface area contributed by atoms with Crippen molar-refractivity contribution in [2.24, 2.45) is 10.8 Å². The van der Waals surface area contributed by atoms with E-state index in [1.165, 1.54) is 6.42 Å². The standard InChI is InChI=1S/C11H22O2/c1-5-11(6-10(2,3)4)7-12-9-13-8-11/h5-9H2,1-4H3. The summed E-state index contributed by atoms with van der Waals surface area (Å²) in [7, 11) is 0. The van der Waals surface area contributed by atoms with Gasteiger partial charge in [-0.3, -0.25) is 0 Å². The summed E-state index contributed by atoms with van der Waals surface area (Å²) < 4.78 is 10.8. The molecule has 1 heterocycles. The molecule has 0 aromatic carbocycles. The van der Waals surface area contributed by atoms with E-state index in [1.807, 2.05) is 0 Å². The van der Waals surface area contributed by atoms with E-state index in [9.17, 15) is 0 Å². The molecule has 78 valence electrons. The normalized spacial score (nSPS) is 23.1. The quantitative estimate of drug-likeness (QED) is 0.660. The summed E-state index contributed by atoms with van der Waals surface area (Å²) in [6.45, 7) is 11.3. The molecule has 0 aromatic rings. The monoisotopic (exact) mass is 186 g/mol. The number of rotatable bonds is 2. The Morgan fingerprint density at radius 3 is 2.08 bits per heavy atom.